The van der Waals surface area contributed by atoms with E-state index in [1.165, 1.54) is 6.42 Å². The molecular formula is C10H17F3N2O. The lowest BCUT2D eigenvalue weighted by molar-refractivity contribution is -0.173. The van der Waals surface area contributed by atoms with Gasteiger partial charge in [0.2, 0.25) is 0 Å². The largest absolute Gasteiger partial charge is 0.411 e. The van der Waals surface area contributed by atoms with E-state index in [0.717, 1.165) is 25.9 Å². The van der Waals surface area contributed by atoms with Gasteiger partial charge in [0.15, 0.2) is 0 Å². The molecule has 1 rings (SSSR count). The molecule has 0 aliphatic carbocycles. The van der Waals surface area contributed by atoms with Crippen molar-refractivity contribution in [2.75, 3.05) is 26.3 Å². The quantitative estimate of drug-likeness (QED) is 0.464. The van der Waals surface area contributed by atoms with Crippen molar-refractivity contribution in [1.29, 1.82) is 5.41 Å². The first kappa shape index (κ1) is 13.3. The number of nitrogens with one attached hydrogen (secondary N) is 1. The van der Waals surface area contributed by atoms with Crippen LogP contribution in [-0.2, 0) is 4.74 Å². The fraction of sp³-hybridized carbons (Fsp3) is 0.900. The zero-order valence-corrected chi connectivity index (χ0v) is 9.15. The number of amidine groups is 1. The molecule has 0 radical (unpaired) electrons. The van der Waals surface area contributed by atoms with Crippen LogP contribution in [-0.4, -0.2) is 43.2 Å². The van der Waals surface area contributed by atoms with Crippen molar-refractivity contribution in [3.8, 4) is 0 Å². The number of likely N-dealkylation sites (tertiary alicyclic amines) is 1. The summed E-state index contributed by atoms with van der Waals surface area (Å²) in [4.78, 5) is 1.92. The molecule has 0 unspecified atom stereocenters. The Morgan fingerprint density at radius 2 is 1.81 bits per heavy atom. The Kier molecular flexibility index (Phi) is 5.05. The SMILES string of the molecule is N=C(CCOCC(F)(F)F)N1CCCCC1. The van der Waals surface area contributed by atoms with Gasteiger partial charge in [-0.1, -0.05) is 0 Å². The number of ether oxygens (including phenoxy) is 1. The summed E-state index contributed by atoms with van der Waals surface area (Å²) in [5.41, 5.74) is 0. The average molecular weight is 238 g/mol. The summed E-state index contributed by atoms with van der Waals surface area (Å²) >= 11 is 0. The summed E-state index contributed by atoms with van der Waals surface area (Å²) in [6.45, 7) is 0.436. The van der Waals surface area contributed by atoms with Crippen LogP contribution in [0.1, 0.15) is 25.7 Å². The van der Waals surface area contributed by atoms with E-state index >= 15 is 0 Å². The summed E-state index contributed by atoms with van der Waals surface area (Å²) in [6, 6.07) is 0. The predicted octanol–water partition coefficient (Wildman–Crippen LogP) is 2.42. The normalized spacial score (nSPS) is 17.6. The topological polar surface area (TPSA) is 36.3 Å². The van der Waals surface area contributed by atoms with Gasteiger partial charge in [-0.3, -0.25) is 5.41 Å². The third kappa shape index (κ3) is 5.34. The third-order valence-electron chi connectivity index (χ3n) is 2.49. The molecule has 16 heavy (non-hydrogen) atoms. The van der Waals surface area contributed by atoms with Crippen LogP contribution in [0, 0.1) is 5.41 Å². The molecule has 3 nitrogen and oxygen atoms in total. The van der Waals surface area contributed by atoms with Crippen molar-refractivity contribution in [2.45, 2.75) is 31.9 Å². The van der Waals surface area contributed by atoms with Gasteiger partial charge < -0.3 is 9.64 Å². The number of hydrogen-bond acceptors (Lipinski definition) is 2. The Morgan fingerprint density at radius 1 is 1.19 bits per heavy atom. The second kappa shape index (κ2) is 6.08. The van der Waals surface area contributed by atoms with Crippen LogP contribution in [0.2, 0.25) is 0 Å². The highest BCUT2D eigenvalue weighted by Crippen LogP contribution is 2.15. The Morgan fingerprint density at radius 3 is 2.38 bits per heavy atom. The van der Waals surface area contributed by atoms with E-state index in [1.54, 1.807) is 0 Å². The van der Waals surface area contributed by atoms with Gasteiger partial charge in [0, 0.05) is 19.5 Å². The van der Waals surface area contributed by atoms with E-state index in [2.05, 4.69) is 4.74 Å². The lowest BCUT2D eigenvalue weighted by atomic mass is 10.1. The van der Waals surface area contributed by atoms with Crippen LogP contribution in [0.4, 0.5) is 13.2 Å². The fourth-order valence-electron chi connectivity index (χ4n) is 1.68. The maximum Gasteiger partial charge on any atom is 0.411 e. The number of piperidine rings is 1. The predicted molar refractivity (Wildman–Crippen MR) is 54.6 cm³/mol. The number of alkyl halides is 3. The van der Waals surface area contributed by atoms with Crippen LogP contribution in [0.25, 0.3) is 0 Å². The molecule has 1 fully saturated rings. The summed E-state index contributed by atoms with van der Waals surface area (Å²) in [5, 5.41) is 7.68. The molecular weight excluding hydrogens is 221 g/mol. The molecule has 6 heteroatoms. The first-order valence-electron chi connectivity index (χ1n) is 5.46. The molecule has 0 bridgehead atoms. The minimum Gasteiger partial charge on any atom is -0.372 e. The van der Waals surface area contributed by atoms with Crippen molar-refractivity contribution in [2.24, 2.45) is 0 Å². The average Bonchev–Trinajstić information content (AvgIpc) is 2.24. The summed E-state index contributed by atoms with van der Waals surface area (Å²) in [7, 11) is 0. The summed E-state index contributed by atoms with van der Waals surface area (Å²) < 4.78 is 39.7. The molecule has 0 spiro atoms. The van der Waals surface area contributed by atoms with E-state index in [-0.39, 0.29) is 13.0 Å². The van der Waals surface area contributed by atoms with Crippen molar-refractivity contribution in [3.05, 3.63) is 0 Å². The number of halogens is 3. The Hall–Kier alpha value is -0.780. The van der Waals surface area contributed by atoms with Crippen LogP contribution in [0.3, 0.4) is 0 Å². The van der Waals surface area contributed by atoms with Crippen LogP contribution >= 0.6 is 0 Å². The number of rotatable bonds is 4. The van der Waals surface area contributed by atoms with E-state index in [0.29, 0.717) is 5.84 Å². The molecule has 1 N–H and O–H groups in total. The number of hydrogen-bond donors (Lipinski definition) is 1. The third-order valence-corrected chi connectivity index (χ3v) is 2.49. The summed E-state index contributed by atoms with van der Waals surface area (Å²) in [6.07, 6.45) is -0.713. The van der Waals surface area contributed by atoms with Crippen molar-refractivity contribution < 1.29 is 17.9 Å². The van der Waals surface area contributed by atoms with E-state index in [4.69, 9.17) is 5.41 Å². The first-order chi connectivity index (χ1) is 7.49. The molecule has 0 aromatic carbocycles. The Labute approximate surface area is 93.1 Å². The lowest BCUT2D eigenvalue weighted by Gasteiger charge is -2.28. The molecule has 1 saturated heterocycles. The van der Waals surface area contributed by atoms with Gasteiger partial charge in [-0.25, -0.2) is 0 Å². The Balaban J connectivity index is 2.10. The van der Waals surface area contributed by atoms with E-state index in [1.807, 2.05) is 4.90 Å². The monoisotopic (exact) mass is 238 g/mol. The maximum absolute atomic E-state index is 11.7. The molecule has 1 heterocycles. The molecule has 1 aliphatic heterocycles. The van der Waals surface area contributed by atoms with Gasteiger partial charge in [0.05, 0.1) is 12.4 Å². The van der Waals surface area contributed by atoms with Crippen molar-refractivity contribution in [1.82, 2.24) is 4.90 Å². The maximum atomic E-state index is 11.7. The zero-order valence-electron chi connectivity index (χ0n) is 9.15. The Bertz CT molecular complexity index is 225. The molecule has 0 saturated carbocycles. The number of nitrogens with zero attached hydrogens (tertiary/aromatic N) is 1. The molecule has 0 atom stereocenters. The first-order valence-corrected chi connectivity index (χ1v) is 5.46. The highest BCUT2D eigenvalue weighted by Gasteiger charge is 2.27. The summed E-state index contributed by atoms with van der Waals surface area (Å²) in [5.74, 6) is 0.391. The van der Waals surface area contributed by atoms with Gasteiger partial charge in [0.1, 0.15) is 6.61 Å². The van der Waals surface area contributed by atoms with Gasteiger partial charge in [-0.2, -0.15) is 13.2 Å². The van der Waals surface area contributed by atoms with Crippen molar-refractivity contribution in [3.63, 3.8) is 0 Å². The van der Waals surface area contributed by atoms with E-state index < -0.39 is 12.8 Å². The molecule has 94 valence electrons. The van der Waals surface area contributed by atoms with Gasteiger partial charge >= 0.3 is 6.18 Å². The molecule has 1 aliphatic rings. The van der Waals surface area contributed by atoms with Crippen LogP contribution in [0.5, 0.6) is 0 Å². The fourth-order valence-corrected chi connectivity index (χ4v) is 1.68. The van der Waals surface area contributed by atoms with E-state index in [9.17, 15) is 13.2 Å². The van der Waals surface area contributed by atoms with Gasteiger partial charge in [-0.05, 0) is 19.3 Å². The highest BCUT2D eigenvalue weighted by molar-refractivity contribution is 5.79. The second-order valence-electron chi connectivity index (χ2n) is 3.91. The van der Waals surface area contributed by atoms with Gasteiger partial charge in [-0.15, -0.1) is 0 Å². The highest BCUT2D eigenvalue weighted by atomic mass is 19.4. The van der Waals surface area contributed by atoms with Crippen LogP contribution < -0.4 is 0 Å². The minimum absolute atomic E-state index is 0.0329. The molecule has 0 amide bonds. The van der Waals surface area contributed by atoms with Gasteiger partial charge in [0.25, 0.3) is 0 Å². The van der Waals surface area contributed by atoms with Crippen LogP contribution in [0.15, 0.2) is 0 Å². The molecule has 0 aromatic rings. The molecule has 0 aromatic heterocycles. The second-order valence-corrected chi connectivity index (χ2v) is 3.91. The minimum atomic E-state index is -4.27. The standard InChI is InChI=1S/C10H17F3N2O/c11-10(12,13)8-16-7-4-9(14)15-5-2-1-3-6-15/h14H,1-8H2. The smallest absolute Gasteiger partial charge is 0.372 e. The lowest BCUT2D eigenvalue weighted by Crippen LogP contribution is -2.35. The zero-order chi connectivity index (χ0) is 12.0. The van der Waals surface area contributed by atoms with Crippen molar-refractivity contribution >= 4 is 5.84 Å².